The van der Waals surface area contributed by atoms with Crippen molar-refractivity contribution < 1.29 is 14.5 Å². The number of benzene rings is 2. The quantitative estimate of drug-likeness (QED) is 0.667. The molecule has 25 heavy (non-hydrogen) atoms. The van der Waals surface area contributed by atoms with Crippen LogP contribution in [0.1, 0.15) is 11.6 Å². The molecule has 7 heteroatoms. The number of nitro benzene ring substituents is 1. The molecule has 0 bridgehead atoms. The zero-order valence-corrected chi connectivity index (χ0v) is 13.6. The third kappa shape index (κ3) is 4.20. The summed E-state index contributed by atoms with van der Waals surface area (Å²) in [6.07, 6.45) is 0. The van der Waals surface area contributed by atoms with Gasteiger partial charge in [-0.25, -0.2) is 0 Å². The van der Waals surface area contributed by atoms with E-state index in [-0.39, 0.29) is 11.6 Å². The van der Waals surface area contributed by atoms with Crippen molar-refractivity contribution in [1.82, 2.24) is 4.90 Å². The van der Waals surface area contributed by atoms with Crippen LogP contribution in [0.5, 0.6) is 0 Å². The second-order valence-corrected chi connectivity index (χ2v) is 5.76. The summed E-state index contributed by atoms with van der Waals surface area (Å²) in [5.41, 5.74) is 1.24. The van der Waals surface area contributed by atoms with Crippen LogP contribution in [-0.2, 0) is 9.53 Å². The second kappa shape index (κ2) is 7.87. The highest BCUT2D eigenvalue weighted by Gasteiger charge is 2.29. The molecule has 1 unspecified atom stereocenters. The zero-order chi connectivity index (χ0) is 17.6. The van der Waals surface area contributed by atoms with Crippen molar-refractivity contribution in [2.24, 2.45) is 0 Å². The number of morpholine rings is 1. The Kier molecular flexibility index (Phi) is 5.37. The molecular formula is C18H19N3O4. The average Bonchev–Trinajstić information content (AvgIpc) is 2.64. The van der Waals surface area contributed by atoms with Gasteiger partial charge in [-0.15, -0.1) is 0 Å². The summed E-state index contributed by atoms with van der Waals surface area (Å²) in [6.45, 7) is 2.46. The Morgan fingerprint density at radius 2 is 1.84 bits per heavy atom. The van der Waals surface area contributed by atoms with E-state index in [1.54, 1.807) is 12.1 Å². The van der Waals surface area contributed by atoms with E-state index in [9.17, 15) is 14.9 Å². The maximum absolute atomic E-state index is 12.9. The number of carbonyl (C=O) groups excluding carboxylic acids is 1. The van der Waals surface area contributed by atoms with Gasteiger partial charge in [0.05, 0.1) is 18.1 Å². The number of rotatable bonds is 5. The van der Waals surface area contributed by atoms with E-state index in [1.165, 1.54) is 12.1 Å². The van der Waals surface area contributed by atoms with Crippen LogP contribution in [0.25, 0.3) is 0 Å². The first-order chi connectivity index (χ1) is 12.1. The van der Waals surface area contributed by atoms with Crippen molar-refractivity contribution >= 4 is 17.3 Å². The minimum atomic E-state index is -0.480. The molecule has 130 valence electrons. The molecule has 1 amide bonds. The zero-order valence-electron chi connectivity index (χ0n) is 13.6. The molecule has 0 spiro atoms. The van der Waals surface area contributed by atoms with E-state index in [0.717, 1.165) is 5.56 Å². The molecule has 0 aliphatic carbocycles. The summed E-state index contributed by atoms with van der Waals surface area (Å²) in [5, 5.41) is 13.7. The molecule has 0 aromatic heterocycles. The van der Waals surface area contributed by atoms with Crippen LogP contribution >= 0.6 is 0 Å². The van der Waals surface area contributed by atoms with Gasteiger partial charge >= 0.3 is 0 Å². The third-order valence-corrected chi connectivity index (χ3v) is 4.10. The van der Waals surface area contributed by atoms with Gasteiger partial charge in [0.15, 0.2) is 0 Å². The van der Waals surface area contributed by atoms with Gasteiger partial charge in [-0.3, -0.25) is 19.8 Å². The van der Waals surface area contributed by atoms with Gasteiger partial charge in [0, 0.05) is 30.9 Å². The minimum absolute atomic E-state index is 0.0552. The van der Waals surface area contributed by atoms with Crippen LogP contribution in [-0.4, -0.2) is 42.0 Å². The molecule has 1 aliphatic rings. The summed E-state index contributed by atoms with van der Waals surface area (Å²) in [7, 11) is 0. The number of hydrogen-bond donors (Lipinski definition) is 1. The highest BCUT2D eigenvalue weighted by molar-refractivity contribution is 5.95. The smallest absolute Gasteiger partial charge is 0.271 e. The first-order valence-electron chi connectivity index (χ1n) is 8.07. The van der Waals surface area contributed by atoms with Crippen LogP contribution in [0.4, 0.5) is 11.4 Å². The van der Waals surface area contributed by atoms with Gasteiger partial charge in [-0.05, 0) is 11.6 Å². The minimum Gasteiger partial charge on any atom is -0.379 e. The summed E-state index contributed by atoms with van der Waals surface area (Å²) >= 11 is 0. The van der Waals surface area contributed by atoms with Crippen molar-refractivity contribution in [2.45, 2.75) is 6.04 Å². The second-order valence-electron chi connectivity index (χ2n) is 5.76. The van der Waals surface area contributed by atoms with E-state index >= 15 is 0 Å². The molecule has 1 fully saturated rings. The Balaban J connectivity index is 1.84. The summed E-state index contributed by atoms with van der Waals surface area (Å²) in [5.74, 6) is -0.214. The van der Waals surface area contributed by atoms with E-state index in [4.69, 9.17) is 4.74 Å². The van der Waals surface area contributed by atoms with Crippen molar-refractivity contribution in [2.75, 3.05) is 31.6 Å². The highest BCUT2D eigenvalue weighted by atomic mass is 16.6. The lowest BCUT2D eigenvalue weighted by atomic mass is 10.0. The van der Waals surface area contributed by atoms with E-state index in [2.05, 4.69) is 10.2 Å². The Morgan fingerprint density at radius 1 is 1.12 bits per heavy atom. The number of hydrogen-bond acceptors (Lipinski definition) is 5. The number of nitrogens with zero attached hydrogens (tertiary/aromatic N) is 2. The molecule has 2 aromatic rings. The number of nitrogens with one attached hydrogen (secondary N) is 1. The van der Waals surface area contributed by atoms with Crippen LogP contribution in [0.3, 0.4) is 0 Å². The van der Waals surface area contributed by atoms with Crippen molar-refractivity contribution in [3.8, 4) is 0 Å². The lowest BCUT2D eigenvalue weighted by Crippen LogP contribution is -2.43. The number of anilines is 1. The fraction of sp³-hybridized carbons (Fsp3) is 0.278. The first-order valence-corrected chi connectivity index (χ1v) is 8.07. The summed E-state index contributed by atoms with van der Waals surface area (Å²) in [6, 6.07) is 15.0. The Morgan fingerprint density at radius 3 is 2.52 bits per heavy atom. The predicted molar refractivity (Wildman–Crippen MR) is 93.3 cm³/mol. The fourth-order valence-electron chi connectivity index (χ4n) is 2.91. The molecule has 1 N–H and O–H groups in total. The van der Waals surface area contributed by atoms with Gasteiger partial charge in [0.2, 0.25) is 5.91 Å². The largest absolute Gasteiger partial charge is 0.379 e. The average molecular weight is 341 g/mol. The Bertz CT molecular complexity index is 745. The predicted octanol–water partition coefficient (Wildman–Crippen LogP) is 2.61. The number of nitro groups is 1. The highest BCUT2D eigenvalue weighted by Crippen LogP contribution is 2.25. The molecular weight excluding hydrogens is 322 g/mol. The van der Waals surface area contributed by atoms with Crippen LogP contribution in [0, 0.1) is 10.1 Å². The topological polar surface area (TPSA) is 84.7 Å². The van der Waals surface area contributed by atoms with Gasteiger partial charge in [0.1, 0.15) is 6.04 Å². The maximum Gasteiger partial charge on any atom is 0.271 e. The molecule has 0 saturated carbocycles. The van der Waals surface area contributed by atoms with Gasteiger partial charge in [-0.1, -0.05) is 36.4 Å². The monoisotopic (exact) mass is 341 g/mol. The standard InChI is InChI=1S/C18H19N3O4/c22-18(19-15-7-4-8-16(13-15)21(23)24)17(14-5-2-1-3-6-14)20-9-11-25-12-10-20/h1-8,13,17H,9-12H2,(H,19,22). The van der Waals surface area contributed by atoms with E-state index < -0.39 is 11.0 Å². The number of non-ortho nitro benzene ring substituents is 1. The molecule has 0 radical (unpaired) electrons. The van der Waals surface area contributed by atoms with Gasteiger partial charge < -0.3 is 10.1 Å². The van der Waals surface area contributed by atoms with Crippen molar-refractivity contribution in [3.63, 3.8) is 0 Å². The number of ether oxygens (including phenoxy) is 1. The fourth-order valence-corrected chi connectivity index (χ4v) is 2.91. The molecule has 1 heterocycles. The third-order valence-electron chi connectivity index (χ3n) is 4.10. The molecule has 7 nitrogen and oxygen atoms in total. The SMILES string of the molecule is O=C(Nc1cccc([N+](=O)[O-])c1)C(c1ccccc1)N1CCOCC1. The van der Waals surface area contributed by atoms with Gasteiger partial charge in [0.25, 0.3) is 5.69 Å². The van der Waals surface area contributed by atoms with E-state index in [0.29, 0.717) is 32.0 Å². The van der Waals surface area contributed by atoms with Crippen LogP contribution in [0.2, 0.25) is 0 Å². The summed E-state index contributed by atoms with van der Waals surface area (Å²) < 4.78 is 5.38. The normalized spacial score (nSPS) is 16.2. The number of carbonyl (C=O) groups is 1. The molecule has 1 aliphatic heterocycles. The number of amides is 1. The van der Waals surface area contributed by atoms with Crippen molar-refractivity contribution in [3.05, 3.63) is 70.3 Å². The van der Waals surface area contributed by atoms with Gasteiger partial charge in [-0.2, -0.15) is 0 Å². The van der Waals surface area contributed by atoms with Crippen LogP contribution in [0.15, 0.2) is 54.6 Å². The first kappa shape index (κ1) is 17.1. The van der Waals surface area contributed by atoms with Crippen molar-refractivity contribution in [1.29, 1.82) is 0 Å². The summed E-state index contributed by atoms with van der Waals surface area (Å²) in [4.78, 5) is 25.4. The maximum atomic E-state index is 12.9. The molecule has 1 atom stereocenters. The lowest BCUT2D eigenvalue weighted by Gasteiger charge is -2.33. The van der Waals surface area contributed by atoms with E-state index in [1.807, 2.05) is 30.3 Å². The molecule has 3 rings (SSSR count). The Hall–Kier alpha value is -2.77. The van der Waals surface area contributed by atoms with Crippen LogP contribution < -0.4 is 5.32 Å². The molecule has 2 aromatic carbocycles. The Labute approximate surface area is 145 Å². The molecule has 1 saturated heterocycles. The lowest BCUT2D eigenvalue weighted by molar-refractivity contribution is -0.384.